The topological polar surface area (TPSA) is 65.9 Å². The van der Waals surface area contributed by atoms with Gasteiger partial charge in [-0.15, -0.1) is 11.3 Å². The third kappa shape index (κ3) is 3.03. The number of nitriles is 1. The molecule has 0 saturated carbocycles. The van der Waals surface area contributed by atoms with Gasteiger partial charge in [0, 0.05) is 5.56 Å². The van der Waals surface area contributed by atoms with Crippen LogP contribution in [0.4, 0.5) is 0 Å². The molecule has 0 aliphatic rings. The van der Waals surface area contributed by atoms with Crippen molar-refractivity contribution in [2.75, 3.05) is 6.61 Å². The van der Waals surface area contributed by atoms with Gasteiger partial charge in [-0.2, -0.15) is 5.26 Å². The van der Waals surface area contributed by atoms with Gasteiger partial charge in [-0.05, 0) is 42.1 Å². The fraction of sp³-hybridized carbons (Fsp3) is 0.111. The maximum atomic E-state index is 12.2. The lowest BCUT2D eigenvalue weighted by Gasteiger charge is -2.08. The summed E-state index contributed by atoms with van der Waals surface area (Å²) in [7, 11) is 0. The van der Waals surface area contributed by atoms with E-state index in [4.69, 9.17) is 4.74 Å². The van der Waals surface area contributed by atoms with E-state index < -0.39 is 0 Å². The number of hydrogen-bond donors (Lipinski definition) is 1. The summed E-state index contributed by atoms with van der Waals surface area (Å²) in [5.41, 5.74) is 1.90. The van der Waals surface area contributed by atoms with Gasteiger partial charge >= 0.3 is 0 Å². The fourth-order valence-corrected chi connectivity index (χ4v) is 3.06. The van der Waals surface area contributed by atoms with E-state index in [1.54, 1.807) is 0 Å². The molecule has 114 valence electrons. The second-order valence-corrected chi connectivity index (χ2v) is 5.80. The molecule has 3 rings (SSSR count). The summed E-state index contributed by atoms with van der Waals surface area (Å²) in [6.07, 6.45) is 0. The zero-order chi connectivity index (χ0) is 16.2. The Morgan fingerprint density at radius 2 is 2.04 bits per heavy atom. The van der Waals surface area contributed by atoms with Crippen LogP contribution in [-0.4, -0.2) is 11.6 Å². The van der Waals surface area contributed by atoms with E-state index in [9.17, 15) is 10.1 Å². The Labute approximate surface area is 137 Å². The van der Waals surface area contributed by atoms with Gasteiger partial charge in [-0.25, -0.2) is 0 Å². The van der Waals surface area contributed by atoms with Crippen LogP contribution in [0.25, 0.3) is 21.7 Å². The van der Waals surface area contributed by atoms with Crippen LogP contribution in [0.5, 0.6) is 5.75 Å². The molecule has 0 saturated heterocycles. The number of aromatic amines is 1. The molecule has 0 amide bonds. The largest absolute Gasteiger partial charge is 0.494 e. The number of nitrogens with one attached hydrogen (secondary N) is 1. The lowest BCUT2D eigenvalue weighted by molar-refractivity contribution is 0.340. The molecule has 1 aromatic carbocycles. The van der Waals surface area contributed by atoms with E-state index in [-0.39, 0.29) is 11.1 Å². The van der Waals surface area contributed by atoms with Gasteiger partial charge in [0.15, 0.2) is 0 Å². The molecule has 4 nitrogen and oxygen atoms in total. The minimum absolute atomic E-state index is 0.120. The molecule has 2 heterocycles. The number of ether oxygens (including phenoxy) is 1. The Morgan fingerprint density at radius 3 is 2.65 bits per heavy atom. The van der Waals surface area contributed by atoms with Crippen LogP contribution < -0.4 is 10.3 Å². The van der Waals surface area contributed by atoms with Crippen LogP contribution in [0.15, 0.2) is 52.6 Å². The molecular weight excluding hydrogens is 308 g/mol. The third-order valence-corrected chi connectivity index (χ3v) is 4.31. The van der Waals surface area contributed by atoms with E-state index in [1.165, 1.54) is 11.3 Å². The van der Waals surface area contributed by atoms with Gasteiger partial charge in [-0.3, -0.25) is 4.79 Å². The SMILES string of the molecule is CCOc1ccc(-c2cc(-c3cccs3)[nH]c(=O)c2C#N)cc1. The van der Waals surface area contributed by atoms with Crippen LogP contribution in [0.1, 0.15) is 12.5 Å². The number of H-pyrrole nitrogens is 1. The molecule has 3 aromatic rings. The van der Waals surface area contributed by atoms with E-state index in [1.807, 2.05) is 60.8 Å². The van der Waals surface area contributed by atoms with Crippen molar-refractivity contribution < 1.29 is 4.74 Å². The minimum atomic E-state index is -0.373. The Bertz CT molecular complexity index is 904. The highest BCUT2D eigenvalue weighted by Gasteiger charge is 2.13. The van der Waals surface area contributed by atoms with Crippen molar-refractivity contribution in [2.24, 2.45) is 0 Å². The normalized spacial score (nSPS) is 10.3. The molecule has 0 spiro atoms. The number of aromatic nitrogens is 1. The first-order valence-electron chi connectivity index (χ1n) is 7.17. The average molecular weight is 322 g/mol. The molecule has 0 aliphatic heterocycles. The molecule has 5 heteroatoms. The van der Waals surface area contributed by atoms with Crippen molar-refractivity contribution in [3.05, 3.63) is 63.8 Å². The standard InChI is InChI=1S/C18H14N2O2S/c1-2-22-13-7-5-12(6-8-13)14-10-16(17-4-3-9-23-17)20-18(21)15(14)11-19/h3-10H,2H2,1H3,(H,20,21). The van der Waals surface area contributed by atoms with Gasteiger partial charge in [-0.1, -0.05) is 18.2 Å². The second kappa shape index (κ2) is 6.51. The summed E-state index contributed by atoms with van der Waals surface area (Å²) in [5, 5.41) is 11.3. The zero-order valence-electron chi connectivity index (χ0n) is 12.5. The maximum absolute atomic E-state index is 12.2. The molecule has 0 bridgehead atoms. The molecule has 0 radical (unpaired) electrons. The Hall–Kier alpha value is -2.84. The third-order valence-electron chi connectivity index (χ3n) is 3.41. The summed E-state index contributed by atoms with van der Waals surface area (Å²) in [6.45, 7) is 2.52. The first kappa shape index (κ1) is 15.1. The van der Waals surface area contributed by atoms with Gasteiger partial charge in [0.1, 0.15) is 17.4 Å². The second-order valence-electron chi connectivity index (χ2n) is 4.85. The van der Waals surface area contributed by atoms with Crippen molar-refractivity contribution in [1.82, 2.24) is 4.98 Å². The predicted octanol–water partition coefficient (Wildman–Crippen LogP) is 4.04. The van der Waals surface area contributed by atoms with Crippen molar-refractivity contribution in [1.29, 1.82) is 5.26 Å². The summed E-state index contributed by atoms with van der Waals surface area (Å²) in [4.78, 5) is 16.0. The van der Waals surface area contributed by atoms with Crippen LogP contribution >= 0.6 is 11.3 Å². The van der Waals surface area contributed by atoms with Crippen molar-refractivity contribution in [3.8, 4) is 33.5 Å². The summed E-state index contributed by atoms with van der Waals surface area (Å²) < 4.78 is 5.43. The van der Waals surface area contributed by atoms with Gasteiger partial charge in [0.2, 0.25) is 0 Å². The highest BCUT2D eigenvalue weighted by molar-refractivity contribution is 7.13. The lowest BCUT2D eigenvalue weighted by atomic mass is 10.0. The molecule has 0 fully saturated rings. The summed E-state index contributed by atoms with van der Waals surface area (Å²) in [5.74, 6) is 0.762. The smallest absolute Gasteiger partial charge is 0.266 e. The first-order valence-corrected chi connectivity index (χ1v) is 8.05. The molecular formula is C18H14N2O2S. The lowest BCUT2D eigenvalue weighted by Crippen LogP contribution is -2.12. The number of thiophene rings is 1. The van der Waals surface area contributed by atoms with E-state index in [0.717, 1.165) is 16.2 Å². The monoisotopic (exact) mass is 322 g/mol. The number of pyridine rings is 1. The zero-order valence-corrected chi connectivity index (χ0v) is 13.3. The number of benzene rings is 1. The van der Waals surface area contributed by atoms with E-state index >= 15 is 0 Å². The molecule has 23 heavy (non-hydrogen) atoms. The number of nitrogens with zero attached hydrogens (tertiary/aromatic N) is 1. The van der Waals surface area contributed by atoms with E-state index in [0.29, 0.717) is 17.9 Å². The maximum Gasteiger partial charge on any atom is 0.266 e. The number of rotatable bonds is 4. The van der Waals surface area contributed by atoms with Crippen molar-refractivity contribution in [3.63, 3.8) is 0 Å². The van der Waals surface area contributed by atoms with Gasteiger partial charge in [0.05, 0.1) is 17.2 Å². The fourth-order valence-electron chi connectivity index (χ4n) is 2.36. The molecule has 1 N–H and O–H groups in total. The van der Waals surface area contributed by atoms with E-state index in [2.05, 4.69) is 4.98 Å². The molecule has 0 atom stereocenters. The Balaban J connectivity index is 2.13. The van der Waals surface area contributed by atoms with Crippen LogP contribution in [0.2, 0.25) is 0 Å². The Kier molecular flexibility index (Phi) is 4.26. The quantitative estimate of drug-likeness (QED) is 0.788. The average Bonchev–Trinajstić information content (AvgIpc) is 3.10. The summed E-state index contributed by atoms with van der Waals surface area (Å²) >= 11 is 1.54. The predicted molar refractivity (Wildman–Crippen MR) is 91.7 cm³/mol. The van der Waals surface area contributed by atoms with Crippen LogP contribution in [0.3, 0.4) is 0 Å². The Morgan fingerprint density at radius 1 is 1.26 bits per heavy atom. The first-order chi connectivity index (χ1) is 11.2. The minimum Gasteiger partial charge on any atom is -0.494 e. The van der Waals surface area contributed by atoms with Crippen LogP contribution in [0, 0.1) is 11.3 Å². The van der Waals surface area contributed by atoms with Crippen molar-refractivity contribution in [2.45, 2.75) is 6.92 Å². The molecule has 0 aliphatic carbocycles. The molecule has 0 unspecified atom stereocenters. The van der Waals surface area contributed by atoms with Crippen molar-refractivity contribution >= 4 is 11.3 Å². The summed E-state index contributed by atoms with van der Waals surface area (Å²) in [6, 6.07) is 15.1. The van der Waals surface area contributed by atoms with Gasteiger partial charge < -0.3 is 9.72 Å². The van der Waals surface area contributed by atoms with Crippen LogP contribution in [-0.2, 0) is 0 Å². The highest BCUT2D eigenvalue weighted by atomic mass is 32.1. The number of hydrogen-bond acceptors (Lipinski definition) is 4. The highest BCUT2D eigenvalue weighted by Crippen LogP contribution is 2.29. The molecule has 2 aromatic heterocycles. The van der Waals surface area contributed by atoms with Gasteiger partial charge in [0.25, 0.3) is 5.56 Å².